The van der Waals surface area contributed by atoms with Crippen LogP contribution in [0.1, 0.15) is 50.7 Å². The van der Waals surface area contributed by atoms with E-state index in [1.54, 1.807) is 56.3 Å². The first-order chi connectivity index (χ1) is 18.7. The SMILES string of the molecule is CCOC(=O)CCC1(CCC(=O)OCC)C(=O)N(C(=O)C=Cc2ccc(OC)c(OC)c2)c2ccc(Cl)cc21. The summed E-state index contributed by atoms with van der Waals surface area (Å²) in [5, 5.41) is 0.355. The van der Waals surface area contributed by atoms with Gasteiger partial charge in [0, 0.05) is 23.9 Å². The second kappa shape index (κ2) is 13.3. The number of hydrogen-bond acceptors (Lipinski definition) is 8. The van der Waals surface area contributed by atoms with Crippen LogP contribution < -0.4 is 14.4 Å². The number of nitrogens with zero attached hydrogens (tertiary/aromatic N) is 1. The number of methoxy groups -OCH3 is 2. The molecule has 0 saturated carbocycles. The number of imide groups is 1. The summed E-state index contributed by atoms with van der Waals surface area (Å²) in [4.78, 5) is 53.2. The van der Waals surface area contributed by atoms with Crippen LogP contribution in [0, 0.1) is 0 Å². The Morgan fingerprint density at radius 3 is 2.08 bits per heavy atom. The molecular formula is C29H32ClNO8. The number of benzene rings is 2. The fourth-order valence-electron chi connectivity index (χ4n) is 4.65. The van der Waals surface area contributed by atoms with E-state index in [0.29, 0.717) is 33.3 Å². The van der Waals surface area contributed by atoms with Crippen molar-refractivity contribution in [1.82, 2.24) is 0 Å². The predicted molar refractivity (Wildman–Crippen MR) is 146 cm³/mol. The molecule has 1 aliphatic rings. The van der Waals surface area contributed by atoms with Crippen molar-refractivity contribution in [2.24, 2.45) is 0 Å². The van der Waals surface area contributed by atoms with Gasteiger partial charge < -0.3 is 18.9 Å². The third kappa shape index (κ3) is 6.60. The first-order valence-electron chi connectivity index (χ1n) is 12.6. The van der Waals surface area contributed by atoms with E-state index in [2.05, 4.69) is 0 Å². The Bertz CT molecular complexity index is 1250. The monoisotopic (exact) mass is 557 g/mol. The summed E-state index contributed by atoms with van der Waals surface area (Å²) in [6, 6.07) is 9.93. The van der Waals surface area contributed by atoms with Crippen LogP contribution in [-0.2, 0) is 34.1 Å². The third-order valence-corrected chi connectivity index (χ3v) is 6.73. The quantitative estimate of drug-likeness (QED) is 0.269. The molecule has 1 heterocycles. The van der Waals surface area contributed by atoms with Crippen LogP contribution in [0.4, 0.5) is 5.69 Å². The number of fused-ring (bicyclic) bond motifs is 1. The molecule has 2 aromatic carbocycles. The summed E-state index contributed by atoms with van der Waals surface area (Å²) in [5.74, 6) is -1.08. The summed E-state index contributed by atoms with van der Waals surface area (Å²) in [6.07, 6.45) is 2.73. The molecule has 2 amide bonds. The molecule has 0 fully saturated rings. The lowest BCUT2D eigenvalue weighted by Crippen LogP contribution is -2.43. The minimum atomic E-state index is -1.35. The lowest BCUT2D eigenvalue weighted by molar-refractivity contribution is -0.143. The molecule has 2 aromatic rings. The summed E-state index contributed by atoms with van der Waals surface area (Å²) in [7, 11) is 3.03. The van der Waals surface area contributed by atoms with Crippen molar-refractivity contribution in [3.8, 4) is 11.5 Å². The van der Waals surface area contributed by atoms with Crippen molar-refractivity contribution in [3.05, 3.63) is 58.6 Å². The van der Waals surface area contributed by atoms with E-state index in [-0.39, 0.29) is 38.9 Å². The zero-order valence-corrected chi connectivity index (χ0v) is 23.2. The summed E-state index contributed by atoms with van der Waals surface area (Å²) in [5.41, 5.74) is 0.118. The zero-order valence-electron chi connectivity index (χ0n) is 22.5. The molecule has 0 aromatic heterocycles. The van der Waals surface area contributed by atoms with E-state index in [1.807, 2.05) is 0 Å². The second-order valence-corrected chi connectivity index (χ2v) is 9.22. The zero-order chi connectivity index (χ0) is 28.6. The smallest absolute Gasteiger partial charge is 0.305 e. The summed E-state index contributed by atoms with van der Waals surface area (Å²) in [6.45, 7) is 3.76. The molecule has 0 N–H and O–H groups in total. The minimum absolute atomic E-state index is 0.0284. The Hall–Kier alpha value is -3.85. The van der Waals surface area contributed by atoms with Crippen molar-refractivity contribution in [2.45, 2.75) is 44.9 Å². The van der Waals surface area contributed by atoms with Crippen molar-refractivity contribution < 1.29 is 38.1 Å². The highest BCUT2D eigenvalue weighted by Gasteiger charge is 2.52. The van der Waals surface area contributed by atoms with Crippen LogP contribution in [0.5, 0.6) is 11.5 Å². The number of amides is 2. The van der Waals surface area contributed by atoms with Crippen LogP contribution >= 0.6 is 11.6 Å². The molecule has 10 heteroatoms. The number of halogens is 1. The number of carbonyl (C=O) groups excluding carboxylic acids is 4. The van der Waals surface area contributed by atoms with Crippen LogP contribution in [0.3, 0.4) is 0 Å². The maximum atomic E-state index is 14.1. The van der Waals surface area contributed by atoms with Gasteiger partial charge in [0.2, 0.25) is 5.91 Å². The Morgan fingerprint density at radius 2 is 1.51 bits per heavy atom. The van der Waals surface area contributed by atoms with Crippen LogP contribution in [0.25, 0.3) is 6.08 Å². The Balaban J connectivity index is 2.00. The van der Waals surface area contributed by atoms with Crippen molar-refractivity contribution in [2.75, 3.05) is 32.3 Å². The van der Waals surface area contributed by atoms with E-state index in [0.717, 1.165) is 4.90 Å². The van der Waals surface area contributed by atoms with Gasteiger partial charge in [-0.25, -0.2) is 4.90 Å². The highest BCUT2D eigenvalue weighted by atomic mass is 35.5. The van der Waals surface area contributed by atoms with E-state index in [9.17, 15) is 19.2 Å². The van der Waals surface area contributed by atoms with E-state index in [1.165, 1.54) is 20.3 Å². The van der Waals surface area contributed by atoms with E-state index in [4.69, 9.17) is 30.5 Å². The molecule has 208 valence electrons. The number of ether oxygens (including phenoxy) is 4. The molecule has 39 heavy (non-hydrogen) atoms. The Labute approximate surface area is 232 Å². The Morgan fingerprint density at radius 1 is 0.897 bits per heavy atom. The summed E-state index contributed by atoms with van der Waals surface area (Å²) < 4.78 is 20.7. The van der Waals surface area contributed by atoms with Crippen LogP contribution in [0.15, 0.2) is 42.5 Å². The molecule has 0 saturated heterocycles. The highest BCUT2D eigenvalue weighted by Crippen LogP contribution is 2.49. The molecule has 0 bridgehead atoms. The molecule has 0 aliphatic carbocycles. The second-order valence-electron chi connectivity index (χ2n) is 8.78. The van der Waals surface area contributed by atoms with Crippen molar-refractivity contribution >= 4 is 47.1 Å². The first kappa shape index (κ1) is 29.7. The topological polar surface area (TPSA) is 108 Å². The molecule has 3 rings (SSSR count). The third-order valence-electron chi connectivity index (χ3n) is 6.50. The number of carbonyl (C=O) groups is 4. The lowest BCUT2D eigenvalue weighted by Gasteiger charge is -2.28. The average Bonchev–Trinajstić information content (AvgIpc) is 3.16. The first-order valence-corrected chi connectivity index (χ1v) is 13.0. The van der Waals surface area contributed by atoms with Gasteiger partial charge in [-0.1, -0.05) is 17.7 Å². The standard InChI is InChI=1S/C29H32ClNO8/c1-5-38-26(33)13-15-29(16-14-27(34)39-6-2)21-18-20(30)9-10-22(21)31(28(29)35)25(32)12-8-19-7-11-23(36-3)24(17-19)37-4/h7-12,17-18H,5-6,13-16H2,1-4H3. The minimum Gasteiger partial charge on any atom is -0.493 e. The van der Waals surface area contributed by atoms with Crippen LogP contribution in [0.2, 0.25) is 5.02 Å². The fraction of sp³-hybridized carbons (Fsp3) is 0.379. The van der Waals surface area contributed by atoms with Gasteiger partial charge in [-0.2, -0.15) is 0 Å². The molecule has 0 atom stereocenters. The maximum absolute atomic E-state index is 14.1. The van der Waals surface area contributed by atoms with Crippen molar-refractivity contribution in [1.29, 1.82) is 0 Å². The average molecular weight is 558 g/mol. The van der Waals surface area contributed by atoms with Gasteiger partial charge in [-0.05, 0) is 74.2 Å². The Kier molecular flexibility index (Phi) is 10.1. The predicted octanol–water partition coefficient (Wildman–Crippen LogP) is 4.87. The number of esters is 2. The van der Waals surface area contributed by atoms with Gasteiger partial charge in [0.1, 0.15) is 0 Å². The molecule has 0 unspecified atom stereocenters. The number of hydrogen-bond donors (Lipinski definition) is 0. The van der Waals surface area contributed by atoms with Gasteiger partial charge in [-0.3, -0.25) is 19.2 Å². The van der Waals surface area contributed by atoms with Gasteiger partial charge >= 0.3 is 11.9 Å². The van der Waals surface area contributed by atoms with Gasteiger partial charge in [-0.15, -0.1) is 0 Å². The number of rotatable bonds is 12. The highest BCUT2D eigenvalue weighted by molar-refractivity contribution is 6.32. The van der Waals surface area contributed by atoms with E-state index < -0.39 is 29.2 Å². The lowest BCUT2D eigenvalue weighted by atomic mass is 9.74. The molecule has 0 spiro atoms. The molecule has 1 aliphatic heterocycles. The molecule has 0 radical (unpaired) electrons. The molecular weight excluding hydrogens is 526 g/mol. The molecule has 9 nitrogen and oxygen atoms in total. The maximum Gasteiger partial charge on any atom is 0.305 e. The van der Waals surface area contributed by atoms with E-state index >= 15 is 0 Å². The van der Waals surface area contributed by atoms with Gasteiger partial charge in [0.15, 0.2) is 11.5 Å². The number of anilines is 1. The van der Waals surface area contributed by atoms with Gasteiger partial charge in [0.25, 0.3) is 5.91 Å². The largest absolute Gasteiger partial charge is 0.493 e. The van der Waals surface area contributed by atoms with Crippen molar-refractivity contribution in [3.63, 3.8) is 0 Å². The summed E-state index contributed by atoms with van der Waals surface area (Å²) >= 11 is 6.31. The fourth-order valence-corrected chi connectivity index (χ4v) is 4.82. The normalized spacial score (nSPS) is 13.8. The van der Waals surface area contributed by atoms with Crippen LogP contribution in [-0.4, -0.2) is 51.2 Å². The van der Waals surface area contributed by atoms with Gasteiger partial charge in [0.05, 0.1) is 38.5 Å².